The van der Waals surface area contributed by atoms with Crippen LogP contribution in [0.5, 0.6) is 0 Å². The van der Waals surface area contributed by atoms with Crippen molar-refractivity contribution in [2.24, 2.45) is 0 Å². The van der Waals surface area contributed by atoms with Gasteiger partial charge in [0.05, 0.1) is 13.2 Å². The number of benzene rings is 1. The molecule has 1 aliphatic rings. The molecule has 0 bridgehead atoms. The number of amides is 2. The smallest absolute Gasteiger partial charge is 0.407 e. The second-order valence-electron chi connectivity index (χ2n) is 4.29. The number of hydrogen-bond donors (Lipinski definition) is 1. The van der Waals surface area contributed by atoms with Gasteiger partial charge in [-0.15, -0.1) is 0 Å². The summed E-state index contributed by atoms with van der Waals surface area (Å²) in [6.45, 7) is 2.06. The van der Waals surface area contributed by atoms with Crippen molar-refractivity contribution >= 4 is 35.2 Å². The Kier molecular flexibility index (Phi) is 5.27. The van der Waals surface area contributed by atoms with Crippen LogP contribution >= 0.6 is 23.2 Å². The van der Waals surface area contributed by atoms with Crippen LogP contribution in [-0.2, 0) is 20.9 Å². The predicted molar refractivity (Wildman–Crippen MR) is 76.9 cm³/mol. The Bertz CT molecular complexity index is 533. The number of hydroxylamine groups is 2. The summed E-state index contributed by atoms with van der Waals surface area (Å²) in [6, 6.07) is 4.30. The highest BCUT2D eigenvalue weighted by Gasteiger charge is 2.35. The van der Waals surface area contributed by atoms with E-state index in [4.69, 9.17) is 32.8 Å². The Labute approximate surface area is 131 Å². The molecule has 1 atom stereocenters. The molecule has 114 valence electrons. The van der Waals surface area contributed by atoms with Crippen LogP contribution in [0, 0.1) is 0 Å². The molecule has 0 unspecified atom stereocenters. The topological polar surface area (TPSA) is 67.9 Å². The molecule has 1 aromatic carbocycles. The van der Waals surface area contributed by atoms with Crippen molar-refractivity contribution < 1.29 is 19.2 Å². The van der Waals surface area contributed by atoms with Crippen LogP contribution in [0.25, 0.3) is 0 Å². The van der Waals surface area contributed by atoms with Crippen LogP contribution in [0.4, 0.5) is 4.79 Å². The largest absolute Gasteiger partial charge is 0.450 e. The van der Waals surface area contributed by atoms with E-state index in [0.717, 1.165) is 5.06 Å². The number of carbonyl (C=O) groups excluding carboxylic acids is 2. The maximum absolute atomic E-state index is 12.1. The first-order chi connectivity index (χ1) is 10.0. The highest BCUT2D eigenvalue weighted by molar-refractivity contribution is 6.36. The molecule has 1 N–H and O–H groups in total. The first-order valence-corrected chi connectivity index (χ1v) is 7.09. The van der Waals surface area contributed by atoms with Crippen LogP contribution in [0.3, 0.4) is 0 Å². The summed E-state index contributed by atoms with van der Waals surface area (Å²) in [4.78, 5) is 28.7. The Morgan fingerprint density at radius 3 is 2.76 bits per heavy atom. The van der Waals surface area contributed by atoms with Crippen molar-refractivity contribution in [2.45, 2.75) is 19.5 Å². The maximum atomic E-state index is 12.1. The molecule has 0 aromatic heterocycles. The van der Waals surface area contributed by atoms with Crippen LogP contribution in [0.2, 0.25) is 10.0 Å². The van der Waals surface area contributed by atoms with Gasteiger partial charge in [-0.2, -0.15) is 0 Å². The third-order valence-electron chi connectivity index (χ3n) is 2.87. The number of nitrogens with one attached hydrogen (secondary N) is 1. The number of rotatable bonds is 4. The first-order valence-electron chi connectivity index (χ1n) is 6.33. The monoisotopic (exact) mass is 332 g/mol. The van der Waals surface area contributed by atoms with Gasteiger partial charge in [-0.1, -0.05) is 29.3 Å². The minimum absolute atomic E-state index is 0.0414. The minimum atomic E-state index is -0.773. The summed E-state index contributed by atoms with van der Waals surface area (Å²) in [5.74, 6) is -0.376. The van der Waals surface area contributed by atoms with Gasteiger partial charge in [0.15, 0.2) is 0 Å². The Hall–Kier alpha value is -1.50. The van der Waals surface area contributed by atoms with Gasteiger partial charge in [-0.3, -0.25) is 9.63 Å². The lowest BCUT2D eigenvalue weighted by molar-refractivity contribution is -0.164. The van der Waals surface area contributed by atoms with Gasteiger partial charge in [0.1, 0.15) is 12.6 Å². The molecule has 1 aliphatic heterocycles. The number of alkyl carbamates (subject to hydrolysis) is 1. The second-order valence-corrected chi connectivity index (χ2v) is 5.10. The average Bonchev–Trinajstić information content (AvgIpc) is 2.76. The second kappa shape index (κ2) is 6.98. The summed E-state index contributed by atoms with van der Waals surface area (Å²) in [6.07, 6.45) is -0.655. The fourth-order valence-corrected chi connectivity index (χ4v) is 2.36. The van der Waals surface area contributed by atoms with Crippen LogP contribution in [-0.4, -0.2) is 36.3 Å². The number of halogens is 2. The van der Waals surface area contributed by atoms with Crippen LogP contribution in [0.1, 0.15) is 12.5 Å². The van der Waals surface area contributed by atoms with E-state index < -0.39 is 12.1 Å². The molecule has 0 radical (unpaired) electrons. The van der Waals surface area contributed by atoms with Gasteiger partial charge in [-0.05, 0) is 19.1 Å². The van der Waals surface area contributed by atoms with E-state index in [1.54, 1.807) is 25.1 Å². The summed E-state index contributed by atoms with van der Waals surface area (Å²) in [5.41, 5.74) is 0.589. The van der Waals surface area contributed by atoms with Crippen LogP contribution < -0.4 is 5.32 Å². The van der Waals surface area contributed by atoms with Crippen molar-refractivity contribution in [1.82, 2.24) is 10.4 Å². The molecule has 2 rings (SSSR count). The zero-order valence-corrected chi connectivity index (χ0v) is 12.8. The molecular formula is C13H14Cl2N2O4. The van der Waals surface area contributed by atoms with E-state index in [9.17, 15) is 9.59 Å². The van der Waals surface area contributed by atoms with Crippen LogP contribution in [0.15, 0.2) is 18.2 Å². The predicted octanol–water partition coefficient (Wildman–Crippen LogP) is 2.38. The molecule has 8 heteroatoms. The summed E-state index contributed by atoms with van der Waals surface area (Å²) in [7, 11) is 0. The molecule has 1 heterocycles. The summed E-state index contributed by atoms with van der Waals surface area (Å²) < 4.78 is 4.73. The molecule has 6 nitrogen and oxygen atoms in total. The molecule has 0 spiro atoms. The zero-order chi connectivity index (χ0) is 15.4. The molecule has 1 saturated heterocycles. The highest BCUT2D eigenvalue weighted by atomic mass is 35.5. The maximum Gasteiger partial charge on any atom is 0.407 e. The van der Waals surface area contributed by atoms with Crippen molar-refractivity contribution in [3.63, 3.8) is 0 Å². The van der Waals surface area contributed by atoms with E-state index in [2.05, 4.69) is 5.32 Å². The molecule has 2 amide bonds. The summed E-state index contributed by atoms with van der Waals surface area (Å²) >= 11 is 12.1. The Morgan fingerprint density at radius 1 is 1.48 bits per heavy atom. The van der Waals surface area contributed by atoms with Crippen molar-refractivity contribution in [3.05, 3.63) is 33.8 Å². The average molecular weight is 333 g/mol. The van der Waals surface area contributed by atoms with Crippen molar-refractivity contribution in [1.29, 1.82) is 0 Å². The highest BCUT2D eigenvalue weighted by Crippen LogP contribution is 2.27. The molecule has 1 aromatic rings. The van der Waals surface area contributed by atoms with Gasteiger partial charge in [0, 0.05) is 15.6 Å². The van der Waals surface area contributed by atoms with E-state index in [-0.39, 0.29) is 25.7 Å². The van der Waals surface area contributed by atoms with Gasteiger partial charge in [0.2, 0.25) is 0 Å². The lowest BCUT2D eigenvalue weighted by Gasteiger charge is -2.16. The molecule has 0 saturated carbocycles. The minimum Gasteiger partial charge on any atom is -0.450 e. The third kappa shape index (κ3) is 3.78. The lowest BCUT2D eigenvalue weighted by atomic mass is 10.2. The number of carbonyl (C=O) groups is 2. The van der Waals surface area contributed by atoms with E-state index in [1.807, 2.05) is 0 Å². The lowest BCUT2D eigenvalue weighted by Crippen LogP contribution is -2.42. The van der Waals surface area contributed by atoms with E-state index in [0.29, 0.717) is 15.6 Å². The van der Waals surface area contributed by atoms with Gasteiger partial charge in [0.25, 0.3) is 5.91 Å². The van der Waals surface area contributed by atoms with Crippen molar-refractivity contribution in [3.8, 4) is 0 Å². The first kappa shape index (κ1) is 15.9. The molecule has 0 aliphatic carbocycles. The fraction of sp³-hybridized carbons (Fsp3) is 0.385. The molecular weight excluding hydrogens is 319 g/mol. The fourth-order valence-electron chi connectivity index (χ4n) is 1.84. The molecule has 21 heavy (non-hydrogen) atoms. The van der Waals surface area contributed by atoms with Crippen molar-refractivity contribution in [2.75, 3.05) is 13.2 Å². The third-order valence-corrected chi connectivity index (χ3v) is 3.58. The zero-order valence-electron chi connectivity index (χ0n) is 11.3. The quantitative estimate of drug-likeness (QED) is 0.919. The van der Waals surface area contributed by atoms with Gasteiger partial charge >= 0.3 is 6.09 Å². The Morgan fingerprint density at radius 2 is 2.14 bits per heavy atom. The SMILES string of the molecule is CCOC(=O)N[C@@H]1CON(Cc2c(Cl)cccc2Cl)C1=O. The van der Waals surface area contributed by atoms with E-state index >= 15 is 0 Å². The standard InChI is InChI=1S/C13H14Cl2N2O4/c1-2-20-13(19)16-11-7-21-17(12(11)18)6-8-9(14)4-3-5-10(8)15/h3-5,11H,2,6-7H2,1H3,(H,16,19)/t11-/m1/s1. The normalized spacial score (nSPS) is 18.0. The summed E-state index contributed by atoms with van der Waals surface area (Å²) in [5, 5.41) is 4.45. The Balaban J connectivity index is 2.00. The van der Waals surface area contributed by atoms with Gasteiger partial charge in [-0.25, -0.2) is 9.86 Å². The number of hydrogen-bond acceptors (Lipinski definition) is 4. The van der Waals surface area contributed by atoms with E-state index in [1.165, 1.54) is 0 Å². The number of ether oxygens (including phenoxy) is 1. The van der Waals surface area contributed by atoms with Gasteiger partial charge < -0.3 is 10.1 Å². The molecule has 1 fully saturated rings. The number of nitrogens with zero attached hydrogens (tertiary/aromatic N) is 1.